The first kappa shape index (κ1) is 15.0. The molecule has 0 spiro atoms. The third-order valence-corrected chi connectivity index (χ3v) is 2.64. The Labute approximate surface area is 114 Å². The van der Waals surface area contributed by atoms with Crippen molar-refractivity contribution >= 4 is 34.6 Å². The monoisotopic (exact) mass is 296 g/mol. The predicted molar refractivity (Wildman–Crippen MR) is 71.0 cm³/mol. The van der Waals surface area contributed by atoms with E-state index in [2.05, 4.69) is 10.6 Å². The lowest BCUT2D eigenvalue weighted by atomic mass is 10.2. The van der Waals surface area contributed by atoms with Crippen molar-refractivity contribution in [3.05, 3.63) is 28.8 Å². The zero-order valence-electron chi connectivity index (χ0n) is 9.57. The van der Waals surface area contributed by atoms with Gasteiger partial charge >= 0.3 is 6.18 Å². The number of anilines is 1. The highest BCUT2D eigenvalue weighted by Gasteiger charge is 2.30. The largest absolute Gasteiger partial charge is 0.416 e. The number of thiocarbonyl (C=S) groups is 1. The Bertz CT molecular complexity index is 435. The number of nitrogens with one attached hydrogen (secondary N) is 2. The van der Waals surface area contributed by atoms with Gasteiger partial charge in [-0.1, -0.05) is 18.5 Å². The molecule has 0 unspecified atom stereocenters. The van der Waals surface area contributed by atoms with Crippen LogP contribution in [0.4, 0.5) is 18.9 Å². The number of hydrogen-bond donors (Lipinski definition) is 2. The Balaban J connectivity index is 2.77. The minimum Gasteiger partial charge on any atom is -0.362 e. The van der Waals surface area contributed by atoms with E-state index in [-0.39, 0.29) is 5.02 Å². The topological polar surface area (TPSA) is 24.1 Å². The first-order valence-electron chi connectivity index (χ1n) is 5.26. The van der Waals surface area contributed by atoms with Gasteiger partial charge in [0.15, 0.2) is 5.11 Å². The molecule has 0 saturated carbocycles. The van der Waals surface area contributed by atoms with Gasteiger partial charge in [0.25, 0.3) is 0 Å². The van der Waals surface area contributed by atoms with Crippen LogP contribution in [0, 0.1) is 0 Å². The Morgan fingerprint density at radius 2 is 2.06 bits per heavy atom. The molecule has 0 heterocycles. The molecule has 0 atom stereocenters. The first-order chi connectivity index (χ1) is 8.34. The van der Waals surface area contributed by atoms with Crippen molar-refractivity contribution in [2.24, 2.45) is 0 Å². The molecule has 1 rings (SSSR count). The Hall–Kier alpha value is -1.01. The fraction of sp³-hybridized carbons (Fsp3) is 0.364. The molecule has 0 aliphatic rings. The molecule has 0 fully saturated rings. The van der Waals surface area contributed by atoms with Gasteiger partial charge in [-0.2, -0.15) is 13.2 Å². The van der Waals surface area contributed by atoms with Crippen LogP contribution in [-0.4, -0.2) is 11.7 Å². The Kier molecular flexibility index (Phi) is 5.22. The fourth-order valence-corrected chi connectivity index (χ4v) is 1.64. The number of benzene rings is 1. The lowest BCUT2D eigenvalue weighted by Gasteiger charge is -2.13. The van der Waals surface area contributed by atoms with Crippen molar-refractivity contribution in [3.63, 3.8) is 0 Å². The minimum atomic E-state index is -4.40. The number of halogens is 4. The summed E-state index contributed by atoms with van der Waals surface area (Å²) < 4.78 is 37.2. The fourth-order valence-electron chi connectivity index (χ4n) is 1.20. The molecule has 100 valence electrons. The molecule has 0 aliphatic heterocycles. The van der Waals surface area contributed by atoms with Gasteiger partial charge in [0, 0.05) is 6.54 Å². The van der Waals surface area contributed by atoms with E-state index in [1.807, 2.05) is 6.92 Å². The average Bonchev–Trinajstić information content (AvgIpc) is 2.27. The van der Waals surface area contributed by atoms with Crippen LogP contribution in [0.25, 0.3) is 0 Å². The summed E-state index contributed by atoms with van der Waals surface area (Å²) in [6, 6.07) is 3.08. The van der Waals surface area contributed by atoms with Gasteiger partial charge in [0.2, 0.25) is 0 Å². The third-order valence-electron chi connectivity index (χ3n) is 2.08. The van der Waals surface area contributed by atoms with E-state index in [0.29, 0.717) is 17.3 Å². The van der Waals surface area contributed by atoms with Crippen LogP contribution >= 0.6 is 23.8 Å². The molecule has 7 heteroatoms. The minimum absolute atomic E-state index is 0.0227. The zero-order valence-corrected chi connectivity index (χ0v) is 11.1. The molecule has 0 aliphatic carbocycles. The van der Waals surface area contributed by atoms with Crippen LogP contribution in [0.2, 0.25) is 5.02 Å². The molecular weight excluding hydrogens is 285 g/mol. The Morgan fingerprint density at radius 3 is 2.56 bits per heavy atom. The predicted octanol–water partition coefficient (Wildman–Crippen LogP) is 4.06. The highest BCUT2D eigenvalue weighted by Crippen LogP contribution is 2.33. The molecule has 0 amide bonds. The summed E-state index contributed by atoms with van der Waals surface area (Å²) in [5.41, 5.74) is -0.441. The highest BCUT2D eigenvalue weighted by atomic mass is 35.5. The van der Waals surface area contributed by atoms with E-state index < -0.39 is 11.7 Å². The molecule has 0 bridgehead atoms. The summed E-state index contributed by atoms with van der Waals surface area (Å²) in [4.78, 5) is 0. The van der Waals surface area contributed by atoms with Crippen molar-refractivity contribution in [1.82, 2.24) is 5.32 Å². The van der Waals surface area contributed by atoms with Gasteiger partial charge in [-0.15, -0.1) is 0 Å². The molecule has 1 aromatic carbocycles. The second kappa shape index (κ2) is 6.24. The standard InChI is InChI=1S/C11H12ClF3N2S/c1-2-5-16-10(18)17-9-4-3-7(6-8(9)12)11(13,14)15/h3-4,6H,2,5H2,1H3,(H2,16,17,18). The van der Waals surface area contributed by atoms with Crippen molar-refractivity contribution in [2.75, 3.05) is 11.9 Å². The summed E-state index contributed by atoms with van der Waals surface area (Å²) in [5, 5.41) is 5.95. The van der Waals surface area contributed by atoms with E-state index in [4.69, 9.17) is 23.8 Å². The van der Waals surface area contributed by atoms with Gasteiger partial charge < -0.3 is 10.6 Å². The lowest BCUT2D eigenvalue weighted by molar-refractivity contribution is -0.137. The van der Waals surface area contributed by atoms with Crippen molar-refractivity contribution in [2.45, 2.75) is 19.5 Å². The van der Waals surface area contributed by atoms with E-state index in [9.17, 15) is 13.2 Å². The quantitative estimate of drug-likeness (QED) is 0.823. The van der Waals surface area contributed by atoms with Gasteiger partial charge in [0.05, 0.1) is 16.3 Å². The molecule has 1 aromatic rings. The van der Waals surface area contributed by atoms with Crippen molar-refractivity contribution in [3.8, 4) is 0 Å². The average molecular weight is 297 g/mol. The maximum Gasteiger partial charge on any atom is 0.416 e. The number of rotatable bonds is 3. The Morgan fingerprint density at radius 1 is 1.39 bits per heavy atom. The van der Waals surface area contributed by atoms with E-state index in [1.165, 1.54) is 6.07 Å². The molecule has 0 saturated heterocycles. The zero-order chi connectivity index (χ0) is 13.8. The van der Waals surface area contributed by atoms with Gasteiger partial charge in [-0.05, 0) is 36.8 Å². The lowest BCUT2D eigenvalue weighted by Crippen LogP contribution is -2.29. The SMILES string of the molecule is CCCNC(=S)Nc1ccc(C(F)(F)F)cc1Cl. The van der Waals surface area contributed by atoms with E-state index >= 15 is 0 Å². The molecule has 18 heavy (non-hydrogen) atoms. The molecule has 0 aromatic heterocycles. The van der Waals surface area contributed by atoms with Crippen LogP contribution in [0.3, 0.4) is 0 Å². The van der Waals surface area contributed by atoms with Gasteiger partial charge in [-0.3, -0.25) is 0 Å². The highest BCUT2D eigenvalue weighted by molar-refractivity contribution is 7.80. The first-order valence-corrected chi connectivity index (χ1v) is 6.04. The van der Waals surface area contributed by atoms with Gasteiger partial charge in [-0.25, -0.2) is 0 Å². The maximum absolute atomic E-state index is 12.4. The van der Waals surface area contributed by atoms with Crippen LogP contribution in [0.1, 0.15) is 18.9 Å². The number of alkyl halides is 3. The molecular formula is C11H12ClF3N2S. The summed E-state index contributed by atoms with van der Waals surface area (Å²) in [6.45, 7) is 2.66. The maximum atomic E-state index is 12.4. The van der Waals surface area contributed by atoms with Crippen LogP contribution in [-0.2, 0) is 6.18 Å². The van der Waals surface area contributed by atoms with Crippen molar-refractivity contribution < 1.29 is 13.2 Å². The second-order valence-corrected chi connectivity index (χ2v) is 4.39. The summed E-state index contributed by atoms with van der Waals surface area (Å²) >= 11 is 10.7. The van der Waals surface area contributed by atoms with Crippen LogP contribution in [0.15, 0.2) is 18.2 Å². The summed E-state index contributed by atoms with van der Waals surface area (Å²) in [7, 11) is 0. The van der Waals surface area contributed by atoms with Crippen molar-refractivity contribution in [1.29, 1.82) is 0 Å². The smallest absolute Gasteiger partial charge is 0.362 e. The second-order valence-electron chi connectivity index (χ2n) is 3.57. The summed E-state index contributed by atoms with van der Waals surface area (Å²) in [5.74, 6) is 0. The summed E-state index contributed by atoms with van der Waals surface area (Å²) in [6.07, 6.45) is -3.51. The van der Waals surface area contributed by atoms with Crippen LogP contribution in [0.5, 0.6) is 0 Å². The van der Waals surface area contributed by atoms with Gasteiger partial charge in [0.1, 0.15) is 0 Å². The molecule has 2 nitrogen and oxygen atoms in total. The normalized spacial score (nSPS) is 11.2. The third kappa shape index (κ3) is 4.34. The molecule has 0 radical (unpaired) electrons. The number of hydrogen-bond acceptors (Lipinski definition) is 1. The molecule has 2 N–H and O–H groups in total. The van der Waals surface area contributed by atoms with Crippen LogP contribution < -0.4 is 10.6 Å². The van der Waals surface area contributed by atoms with E-state index in [0.717, 1.165) is 18.6 Å². The van der Waals surface area contributed by atoms with E-state index in [1.54, 1.807) is 0 Å².